The number of ether oxygens (including phenoxy) is 1. The molecule has 34 heavy (non-hydrogen) atoms. The third-order valence-electron chi connectivity index (χ3n) is 5.71. The zero-order valence-corrected chi connectivity index (χ0v) is 19.0. The molecule has 4 rings (SSSR count). The Kier molecular flexibility index (Phi) is 6.44. The van der Waals surface area contributed by atoms with Gasteiger partial charge in [0.05, 0.1) is 30.7 Å². The number of hydrogen-bond donors (Lipinski definition) is 0. The summed E-state index contributed by atoms with van der Waals surface area (Å²) < 4.78 is 74.2. The first-order valence-electron chi connectivity index (χ1n) is 10.5. The first kappa shape index (κ1) is 23.9. The van der Waals surface area contributed by atoms with Crippen molar-refractivity contribution in [2.75, 3.05) is 18.6 Å². The minimum atomic E-state index is -4.49. The number of alkyl halides is 3. The van der Waals surface area contributed by atoms with E-state index in [9.17, 15) is 26.4 Å². The van der Waals surface area contributed by atoms with E-state index in [-0.39, 0.29) is 35.3 Å². The SMILES string of the molecule is COc1ccc(C(=O)N(Cc2ccc(-c3cccc(C(F)(F)F)c3)o2)[C@@H]2CCS(=O)(=O)C2)cc1. The second-order valence-corrected chi connectivity index (χ2v) is 10.3. The van der Waals surface area contributed by atoms with E-state index in [1.165, 1.54) is 30.2 Å². The summed E-state index contributed by atoms with van der Waals surface area (Å²) in [6, 6.07) is 13.8. The first-order chi connectivity index (χ1) is 16.1. The molecule has 0 spiro atoms. The van der Waals surface area contributed by atoms with Crippen molar-refractivity contribution in [1.82, 2.24) is 4.90 Å². The molecule has 0 unspecified atom stereocenters. The molecule has 10 heteroatoms. The number of sulfone groups is 1. The van der Waals surface area contributed by atoms with Crippen LogP contribution in [0.2, 0.25) is 0 Å². The molecule has 0 radical (unpaired) electrons. The fourth-order valence-electron chi connectivity index (χ4n) is 3.92. The summed E-state index contributed by atoms with van der Waals surface area (Å²) in [5.74, 6) is 0.578. The molecular weight excluding hydrogens is 471 g/mol. The Morgan fingerprint density at radius 1 is 1.12 bits per heavy atom. The molecule has 1 aromatic heterocycles. The molecular formula is C24H22F3NO5S. The number of methoxy groups -OCH3 is 1. The summed E-state index contributed by atoms with van der Waals surface area (Å²) in [4.78, 5) is 14.7. The Labute approximate surface area is 194 Å². The van der Waals surface area contributed by atoms with Crippen LogP contribution in [0, 0.1) is 0 Å². The maximum atomic E-state index is 13.3. The predicted molar refractivity (Wildman–Crippen MR) is 119 cm³/mol. The van der Waals surface area contributed by atoms with Crippen LogP contribution in [0.1, 0.15) is 28.1 Å². The summed E-state index contributed by atoms with van der Waals surface area (Å²) in [7, 11) is -1.76. The molecule has 0 bridgehead atoms. The third kappa shape index (κ3) is 5.27. The average Bonchev–Trinajstić information content (AvgIpc) is 3.42. The number of furan rings is 1. The number of hydrogen-bond acceptors (Lipinski definition) is 5. The van der Waals surface area contributed by atoms with Crippen LogP contribution in [-0.2, 0) is 22.6 Å². The topological polar surface area (TPSA) is 76.8 Å². The minimum absolute atomic E-state index is 0.0162. The van der Waals surface area contributed by atoms with E-state index < -0.39 is 27.6 Å². The van der Waals surface area contributed by atoms with Crippen LogP contribution in [-0.4, -0.2) is 43.9 Å². The molecule has 0 N–H and O–H groups in total. The van der Waals surface area contributed by atoms with Crippen LogP contribution in [0.4, 0.5) is 13.2 Å². The first-order valence-corrected chi connectivity index (χ1v) is 12.3. The van der Waals surface area contributed by atoms with E-state index in [4.69, 9.17) is 9.15 Å². The Morgan fingerprint density at radius 3 is 2.47 bits per heavy atom. The van der Waals surface area contributed by atoms with Gasteiger partial charge in [-0.05, 0) is 55.0 Å². The number of amides is 1. The highest BCUT2D eigenvalue weighted by Crippen LogP contribution is 2.33. The van der Waals surface area contributed by atoms with Crippen molar-refractivity contribution in [1.29, 1.82) is 0 Å². The van der Waals surface area contributed by atoms with Crippen LogP contribution in [0.25, 0.3) is 11.3 Å². The lowest BCUT2D eigenvalue weighted by Gasteiger charge is -2.27. The number of halogens is 3. The van der Waals surface area contributed by atoms with Crippen LogP contribution >= 0.6 is 0 Å². The van der Waals surface area contributed by atoms with E-state index in [2.05, 4.69) is 0 Å². The Balaban J connectivity index is 1.61. The monoisotopic (exact) mass is 493 g/mol. The summed E-state index contributed by atoms with van der Waals surface area (Å²) in [6.45, 7) is -0.0238. The van der Waals surface area contributed by atoms with Crippen molar-refractivity contribution in [3.63, 3.8) is 0 Å². The fraction of sp³-hybridized carbons (Fsp3) is 0.292. The van der Waals surface area contributed by atoms with Crippen LogP contribution in [0.5, 0.6) is 5.75 Å². The molecule has 1 amide bonds. The zero-order chi connectivity index (χ0) is 24.5. The van der Waals surface area contributed by atoms with Gasteiger partial charge in [0.15, 0.2) is 9.84 Å². The van der Waals surface area contributed by atoms with E-state index in [0.717, 1.165) is 12.1 Å². The summed E-state index contributed by atoms with van der Waals surface area (Å²) in [5.41, 5.74) is -0.192. The molecule has 0 aliphatic carbocycles. The molecule has 2 aromatic carbocycles. The van der Waals surface area contributed by atoms with Gasteiger partial charge in [-0.1, -0.05) is 12.1 Å². The molecule has 1 aliphatic heterocycles. The predicted octanol–water partition coefficient (Wildman–Crippen LogP) is 4.80. The van der Waals surface area contributed by atoms with Crippen LogP contribution in [0.3, 0.4) is 0 Å². The van der Waals surface area contributed by atoms with Gasteiger partial charge in [-0.15, -0.1) is 0 Å². The number of benzene rings is 2. The third-order valence-corrected chi connectivity index (χ3v) is 7.46. The van der Waals surface area contributed by atoms with Gasteiger partial charge in [0.1, 0.15) is 17.3 Å². The lowest BCUT2D eigenvalue weighted by molar-refractivity contribution is -0.137. The molecule has 3 aromatic rings. The molecule has 1 atom stereocenters. The molecule has 180 valence electrons. The van der Waals surface area contributed by atoms with Crippen LogP contribution < -0.4 is 4.74 Å². The fourth-order valence-corrected chi connectivity index (χ4v) is 5.65. The summed E-state index contributed by atoms with van der Waals surface area (Å²) in [6.07, 6.45) is -4.19. The van der Waals surface area contributed by atoms with E-state index in [0.29, 0.717) is 23.5 Å². The molecule has 6 nitrogen and oxygen atoms in total. The van der Waals surface area contributed by atoms with Crippen molar-refractivity contribution >= 4 is 15.7 Å². The van der Waals surface area contributed by atoms with E-state index in [1.54, 1.807) is 30.3 Å². The normalized spacial score (nSPS) is 17.5. The molecule has 1 aliphatic rings. The van der Waals surface area contributed by atoms with E-state index >= 15 is 0 Å². The number of carbonyl (C=O) groups excluding carboxylic acids is 1. The van der Waals surface area contributed by atoms with Gasteiger partial charge in [0.2, 0.25) is 0 Å². The lowest BCUT2D eigenvalue weighted by atomic mass is 10.1. The van der Waals surface area contributed by atoms with Crippen molar-refractivity contribution < 1.29 is 35.5 Å². The average molecular weight is 494 g/mol. The van der Waals surface area contributed by atoms with Gasteiger partial charge in [-0.2, -0.15) is 13.2 Å². The van der Waals surface area contributed by atoms with Gasteiger partial charge in [0, 0.05) is 17.2 Å². The Bertz CT molecular complexity index is 1280. The van der Waals surface area contributed by atoms with Crippen LogP contribution in [0.15, 0.2) is 65.1 Å². The number of rotatable bonds is 6. The highest BCUT2D eigenvalue weighted by molar-refractivity contribution is 7.91. The quantitative estimate of drug-likeness (QED) is 0.493. The van der Waals surface area contributed by atoms with Gasteiger partial charge in [0.25, 0.3) is 5.91 Å². The molecule has 1 saturated heterocycles. The maximum absolute atomic E-state index is 13.3. The second kappa shape index (κ2) is 9.17. The zero-order valence-electron chi connectivity index (χ0n) is 18.2. The molecule has 2 heterocycles. The van der Waals surface area contributed by atoms with Gasteiger partial charge in [-0.3, -0.25) is 4.79 Å². The van der Waals surface area contributed by atoms with E-state index in [1.807, 2.05) is 0 Å². The number of nitrogens with zero attached hydrogens (tertiary/aromatic N) is 1. The summed E-state index contributed by atoms with van der Waals surface area (Å²) in [5, 5.41) is 0. The highest BCUT2D eigenvalue weighted by atomic mass is 32.2. The summed E-state index contributed by atoms with van der Waals surface area (Å²) >= 11 is 0. The molecule has 1 fully saturated rings. The van der Waals surface area contributed by atoms with Crippen molar-refractivity contribution in [2.45, 2.75) is 25.2 Å². The second-order valence-electron chi connectivity index (χ2n) is 8.06. The van der Waals surface area contributed by atoms with Crippen molar-refractivity contribution in [2.24, 2.45) is 0 Å². The van der Waals surface area contributed by atoms with Gasteiger partial charge in [-0.25, -0.2) is 8.42 Å². The molecule has 0 saturated carbocycles. The highest BCUT2D eigenvalue weighted by Gasteiger charge is 2.36. The Hall–Kier alpha value is -3.27. The largest absolute Gasteiger partial charge is 0.497 e. The Morgan fingerprint density at radius 2 is 1.85 bits per heavy atom. The smallest absolute Gasteiger partial charge is 0.416 e. The van der Waals surface area contributed by atoms with Crippen molar-refractivity contribution in [3.05, 3.63) is 77.6 Å². The number of carbonyl (C=O) groups is 1. The van der Waals surface area contributed by atoms with Gasteiger partial charge >= 0.3 is 6.18 Å². The van der Waals surface area contributed by atoms with Crippen molar-refractivity contribution in [3.8, 4) is 17.1 Å². The lowest BCUT2D eigenvalue weighted by Crippen LogP contribution is -2.40. The standard InChI is InChI=1S/C24H22F3NO5S/c1-32-20-7-5-16(6-8-20)23(29)28(19-11-12-34(30,31)15-19)14-21-9-10-22(33-21)17-3-2-4-18(13-17)24(25,26)27/h2-10,13,19H,11-12,14-15H2,1H3/t19-/m1/s1. The minimum Gasteiger partial charge on any atom is -0.497 e. The maximum Gasteiger partial charge on any atom is 0.416 e. The van der Waals surface area contributed by atoms with Gasteiger partial charge < -0.3 is 14.1 Å².